The van der Waals surface area contributed by atoms with E-state index in [1.54, 1.807) is 31.2 Å². The van der Waals surface area contributed by atoms with Crippen molar-refractivity contribution in [2.24, 2.45) is 0 Å². The zero-order valence-electron chi connectivity index (χ0n) is 10.7. The Kier molecular flexibility index (Phi) is 4.16. The average molecular weight is 288 g/mol. The molecular formula is C16H11ClFNO. The monoisotopic (exact) mass is 287 g/mol. The van der Waals surface area contributed by atoms with Gasteiger partial charge in [0.25, 0.3) is 0 Å². The number of carbonyl (C=O) groups is 1. The molecule has 0 N–H and O–H groups in total. The maximum atomic E-state index is 13.8. The van der Waals surface area contributed by atoms with Crippen molar-refractivity contribution in [1.82, 2.24) is 0 Å². The molecule has 2 aromatic rings. The van der Waals surface area contributed by atoms with Crippen molar-refractivity contribution in [1.29, 1.82) is 5.26 Å². The molecule has 0 heterocycles. The first kappa shape index (κ1) is 14.2. The number of hydrogen-bond donors (Lipinski definition) is 0. The number of benzene rings is 2. The van der Waals surface area contributed by atoms with Crippen molar-refractivity contribution in [3.8, 4) is 6.07 Å². The van der Waals surface area contributed by atoms with Crippen LogP contribution in [0.3, 0.4) is 0 Å². The lowest BCUT2D eigenvalue weighted by Gasteiger charge is -2.12. The zero-order valence-corrected chi connectivity index (χ0v) is 11.5. The van der Waals surface area contributed by atoms with Crippen LogP contribution in [0.4, 0.5) is 4.39 Å². The first-order valence-electron chi connectivity index (χ1n) is 5.99. The van der Waals surface area contributed by atoms with Gasteiger partial charge in [-0.05, 0) is 24.6 Å². The van der Waals surface area contributed by atoms with Crippen molar-refractivity contribution in [2.45, 2.75) is 12.8 Å². The molecule has 0 aliphatic rings. The number of carbonyl (C=O) groups excluding carboxylic acids is 1. The fourth-order valence-electron chi connectivity index (χ4n) is 2.01. The van der Waals surface area contributed by atoms with E-state index in [-0.39, 0.29) is 5.56 Å². The van der Waals surface area contributed by atoms with Gasteiger partial charge in [-0.15, -0.1) is 0 Å². The van der Waals surface area contributed by atoms with Gasteiger partial charge >= 0.3 is 0 Å². The Labute approximate surface area is 121 Å². The first-order chi connectivity index (χ1) is 9.56. The lowest BCUT2D eigenvalue weighted by Crippen LogP contribution is -2.14. The van der Waals surface area contributed by atoms with Gasteiger partial charge in [0.2, 0.25) is 0 Å². The van der Waals surface area contributed by atoms with E-state index in [1.165, 1.54) is 18.2 Å². The summed E-state index contributed by atoms with van der Waals surface area (Å²) in [6.07, 6.45) is 0. The molecule has 2 nitrogen and oxygen atoms in total. The van der Waals surface area contributed by atoms with Crippen LogP contribution >= 0.6 is 11.6 Å². The molecule has 1 unspecified atom stereocenters. The lowest BCUT2D eigenvalue weighted by atomic mass is 9.89. The summed E-state index contributed by atoms with van der Waals surface area (Å²) in [4.78, 5) is 12.5. The molecule has 2 aromatic carbocycles. The van der Waals surface area contributed by atoms with Gasteiger partial charge in [0.15, 0.2) is 5.78 Å². The quantitative estimate of drug-likeness (QED) is 0.791. The molecule has 0 amide bonds. The van der Waals surface area contributed by atoms with Crippen LogP contribution in [0, 0.1) is 24.1 Å². The van der Waals surface area contributed by atoms with E-state index in [1.807, 2.05) is 6.07 Å². The van der Waals surface area contributed by atoms with Gasteiger partial charge in [-0.1, -0.05) is 41.9 Å². The second-order valence-electron chi connectivity index (χ2n) is 4.36. The topological polar surface area (TPSA) is 40.9 Å². The highest BCUT2D eigenvalue weighted by atomic mass is 35.5. The summed E-state index contributed by atoms with van der Waals surface area (Å²) in [5, 5.41) is 9.67. The van der Waals surface area contributed by atoms with Crippen LogP contribution in [0.25, 0.3) is 0 Å². The number of nitriles is 1. The molecule has 0 aliphatic heterocycles. The number of nitrogens with zero attached hydrogens (tertiary/aromatic N) is 1. The van der Waals surface area contributed by atoms with Crippen LogP contribution < -0.4 is 0 Å². The van der Waals surface area contributed by atoms with Crippen LogP contribution in [0.5, 0.6) is 0 Å². The summed E-state index contributed by atoms with van der Waals surface area (Å²) in [6, 6.07) is 12.6. The minimum Gasteiger partial charge on any atom is -0.292 e. The van der Waals surface area contributed by atoms with Crippen molar-refractivity contribution in [3.05, 3.63) is 70.0 Å². The van der Waals surface area contributed by atoms with Crippen molar-refractivity contribution < 1.29 is 9.18 Å². The Morgan fingerprint density at radius 1 is 1.25 bits per heavy atom. The molecule has 0 saturated carbocycles. The van der Waals surface area contributed by atoms with E-state index in [0.717, 1.165) is 0 Å². The number of hydrogen-bond acceptors (Lipinski definition) is 2. The summed E-state index contributed by atoms with van der Waals surface area (Å²) in [5.41, 5.74) is 1.02. The molecule has 0 radical (unpaired) electrons. The molecule has 2 rings (SSSR count). The van der Waals surface area contributed by atoms with Gasteiger partial charge in [-0.2, -0.15) is 5.26 Å². The Hall–Kier alpha value is -2.18. The predicted octanol–water partition coefficient (Wildman–Crippen LogP) is 4.28. The Morgan fingerprint density at radius 2 is 1.95 bits per heavy atom. The normalized spacial score (nSPS) is 11.7. The molecule has 20 heavy (non-hydrogen) atoms. The summed E-state index contributed by atoms with van der Waals surface area (Å²) < 4.78 is 13.8. The van der Waals surface area contributed by atoms with Gasteiger partial charge in [-0.25, -0.2) is 4.39 Å². The fourth-order valence-corrected chi connectivity index (χ4v) is 2.18. The molecular weight excluding hydrogens is 277 g/mol. The third kappa shape index (κ3) is 2.56. The largest absolute Gasteiger partial charge is 0.292 e. The minimum atomic E-state index is -1.17. The molecule has 0 fully saturated rings. The standard InChI is InChI=1S/C16H11ClFNO/c1-10-11(6-4-7-14(10)17)16(20)13(9-19)12-5-2-3-8-15(12)18/h2-8,13H,1H3. The molecule has 0 spiro atoms. The molecule has 1 atom stereocenters. The molecule has 100 valence electrons. The van der Waals surface area contributed by atoms with Gasteiger partial charge in [0, 0.05) is 16.1 Å². The highest BCUT2D eigenvalue weighted by molar-refractivity contribution is 6.32. The SMILES string of the molecule is Cc1c(Cl)cccc1C(=O)C(C#N)c1ccccc1F. The summed E-state index contributed by atoms with van der Waals surface area (Å²) in [5.74, 6) is -2.18. The number of halogens is 2. The highest BCUT2D eigenvalue weighted by Crippen LogP contribution is 2.27. The van der Waals surface area contributed by atoms with Crippen molar-refractivity contribution in [2.75, 3.05) is 0 Å². The Balaban J connectivity index is 2.49. The van der Waals surface area contributed by atoms with E-state index < -0.39 is 17.5 Å². The molecule has 0 saturated heterocycles. The highest BCUT2D eigenvalue weighted by Gasteiger charge is 2.25. The Bertz CT molecular complexity index is 706. The van der Waals surface area contributed by atoms with Crippen LogP contribution in [0.15, 0.2) is 42.5 Å². The van der Waals surface area contributed by atoms with E-state index in [2.05, 4.69) is 0 Å². The maximum Gasteiger partial charge on any atom is 0.184 e. The molecule has 0 bridgehead atoms. The van der Waals surface area contributed by atoms with Crippen LogP contribution in [-0.4, -0.2) is 5.78 Å². The third-order valence-electron chi connectivity index (χ3n) is 3.14. The summed E-state index contributed by atoms with van der Waals surface area (Å²) >= 11 is 5.97. The second-order valence-corrected chi connectivity index (χ2v) is 4.77. The fraction of sp³-hybridized carbons (Fsp3) is 0.125. The second kappa shape index (κ2) is 5.85. The van der Waals surface area contributed by atoms with Crippen LogP contribution in [0.1, 0.15) is 27.4 Å². The van der Waals surface area contributed by atoms with E-state index in [0.29, 0.717) is 16.1 Å². The average Bonchev–Trinajstić information content (AvgIpc) is 2.44. The molecule has 4 heteroatoms. The number of rotatable bonds is 3. The maximum absolute atomic E-state index is 13.8. The zero-order chi connectivity index (χ0) is 14.7. The van der Waals surface area contributed by atoms with E-state index in [9.17, 15) is 14.4 Å². The first-order valence-corrected chi connectivity index (χ1v) is 6.37. The summed E-state index contributed by atoms with van der Waals surface area (Å²) in [6.45, 7) is 1.70. The number of Topliss-reactive ketones (excluding diaryl/α,β-unsaturated/α-hetero) is 1. The molecule has 0 aromatic heterocycles. The minimum absolute atomic E-state index is 0.0828. The van der Waals surface area contributed by atoms with Crippen LogP contribution in [0.2, 0.25) is 5.02 Å². The van der Waals surface area contributed by atoms with Crippen LogP contribution in [-0.2, 0) is 0 Å². The van der Waals surface area contributed by atoms with E-state index in [4.69, 9.17) is 11.6 Å². The van der Waals surface area contributed by atoms with Gasteiger partial charge < -0.3 is 0 Å². The Morgan fingerprint density at radius 3 is 2.60 bits per heavy atom. The number of ketones is 1. The van der Waals surface area contributed by atoms with E-state index >= 15 is 0 Å². The third-order valence-corrected chi connectivity index (χ3v) is 3.55. The van der Waals surface area contributed by atoms with Crippen molar-refractivity contribution >= 4 is 17.4 Å². The smallest absolute Gasteiger partial charge is 0.184 e. The summed E-state index contributed by atoms with van der Waals surface area (Å²) in [7, 11) is 0. The molecule has 0 aliphatic carbocycles. The lowest BCUT2D eigenvalue weighted by molar-refractivity contribution is 0.0977. The van der Waals surface area contributed by atoms with Gasteiger partial charge in [-0.3, -0.25) is 4.79 Å². The van der Waals surface area contributed by atoms with Crippen molar-refractivity contribution in [3.63, 3.8) is 0 Å². The van der Waals surface area contributed by atoms with Gasteiger partial charge in [0.1, 0.15) is 11.7 Å². The predicted molar refractivity (Wildman–Crippen MR) is 75.3 cm³/mol. The van der Waals surface area contributed by atoms with Gasteiger partial charge in [0.05, 0.1) is 6.07 Å².